The highest BCUT2D eigenvalue weighted by Gasteiger charge is 2.44. The van der Waals surface area contributed by atoms with Crippen LogP contribution in [0.2, 0.25) is 5.02 Å². The standard InChI is InChI=1S/C18H16ClN3O3S/c19-14-2-4-15(5-3-14)26(23,24)12-16-21-17(22-25-16)18(8-1-9-18)13-6-10-20-11-7-13/h2-7,10-11H,1,8-9,12H2. The average Bonchev–Trinajstić information content (AvgIpc) is 3.03. The van der Waals surface area contributed by atoms with E-state index in [0.717, 1.165) is 24.8 Å². The van der Waals surface area contributed by atoms with Crippen molar-refractivity contribution in [3.8, 4) is 0 Å². The van der Waals surface area contributed by atoms with Crippen LogP contribution in [0.5, 0.6) is 0 Å². The number of hydrogen-bond acceptors (Lipinski definition) is 6. The Morgan fingerprint density at radius 3 is 2.38 bits per heavy atom. The summed E-state index contributed by atoms with van der Waals surface area (Å²) in [5, 5.41) is 4.57. The number of nitrogens with zero attached hydrogens (tertiary/aromatic N) is 3. The molecule has 0 radical (unpaired) electrons. The highest BCUT2D eigenvalue weighted by atomic mass is 35.5. The third-order valence-corrected chi connectivity index (χ3v) is 6.69. The van der Waals surface area contributed by atoms with Gasteiger partial charge in [0.15, 0.2) is 15.7 Å². The van der Waals surface area contributed by atoms with Crippen molar-refractivity contribution in [3.05, 3.63) is 71.1 Å². The van der Waals surface area contributed by atoms with Gasteiger partial charge in [-0.2, -0.15) is 4.98 Å². The predicted molar refractivity (Wildman–Crippen MR) is 95.5 cm³/mol. The fourth-order valence-corrected chi connectivity index (χ4v) is 4.52. The Morgan fingerprint density at radius 2 is 1.77 bits per heavy atom. The van der Waals surface area contributed by atoms with E-state index in [1.165, 1.54) is 12.1 Å². The molecule has 1 aromatic carbocycles. The van der Waals surface area contributed by atoms with Crippen LogP contribution in [0.3, 0.4) is 0 Å². The van der Waals surface area contributed by atoms with E-state index in [9.17, 15) is 8.42 Å². The molecule has 0 atom stereocenters. The van der Waals surface area contributed by atoms with Gasteiger partial charge in [0.25, 0.3) is 0 Å². The summed E-state index contributed by atoms with van der Waals surface area (Å²) in [6, 6.07) is 9.92. The molecule has 1 aliphatic carbocycles. The first kappa shape index (κ1) is 17.2. The highest BCUT2D eigenvalue weighted by molar-refractivity contribution is 7.90. The van der Waals surface area contributed by atoms with E-state index >= 15 is 0 Å². The van der Waals surface area contributed by atoms with Crippen LogP contribution in [0.1, 0.15) is 36.5 Å². The normalized spacial score (nSPS) is 16.2. The van der Waals surface area contributed by atoms with Crippen LogP contribution in [0, 0.1) is 0 Å². The van der Waals surface area contributed by atoms with Gasteiger partial charge in [-0.25, -0.2) is 8.42 Å². The molecule has 26 heavy (non-hydrogen) atoms. The van der Waals surface area contributed by atoms with E-state index in [4.69, 9.17) is 16.1 Å². The van der Waals surface area contributed by atoms with Crippen LogP contribution < -0.4 is 0 Å². The largest absolute Gasteiger partial charge is 0.338 e. The SMILES string of the molecule is O=S(=O)(Cc1nc(C2(c3ccncc3)CCC2)no1)c1ccc(Cl)cc1. The maximum absolute atomic E-state index is 12.5. The number of pyridine rings is 1. The second-order valence-corrected chi connectivity index (χ2v) is 8.82. The molecule has 2 heterocycles. The quantitative estimate of drug-likeness (QED) is 0.663. The van der Waals surface area contributed by atoms with Crippen LogP contribution in [0.25, 0.3) is 0 Å². The lowest BCUT2D eigenvalue weighted by Crippen LogP contribution is -2.36. The molecule has 8 heteroatoms. The molecule has 3 aromatic rings. The molecule has 0 saturated heterocycles. The lowest BCUT2D eigenvalue weighted by molar-refractivity contribution is 0.271. The van der Waals surface area contributed by atoms with Crippen molar-refractivity contribution in [2.75, 3.05) is 0 Å². The minimum absolute atomic E-state index is 0.0929. The Bertz CT molecular complexity index is 1010. The first-order chi connectivity index (χ1) is 12.5. The van der Waals surface area contributed by atoms with Crippen LogP contribution >= 0.6 is 11.6 Å². The summed E-state index contributed by atoms with van der Waals surface area (Å²) in [4.78, 5) is 8.63. The van der Waals surface area contributed by atoms with Gasteiger partial charge in [-0.1, -0.05) is 23.2 Å². The topological polar surface area (TPSA) is 86.0 Å². The van der Waals surface area contributed by atoms with Crippen molar-refractivity contribution in [1.29, 1.82) is 0 Å². The maximum atomic E-state index is 12.5. The van der Waals surface area contributed by atoms with Crippen LogP contribution in [-0.4, -0.2) is 23.5 Å². The molecule has 0 amide bonds. The summed E-state index contributed by atoms with van der Waals surface area (Å²) >= 11 is 5.82. The van der Waals surface area contributed by atoms with Crippen molar-refractivity contribution in [2.24, 2.45) is 0 Å². The second-order valence-electron chi connectivity index (χ2n) is 6.40. The summed E-state index contributed by atoms with van der Waals surface area (Å²) < 4.78 is 30.4. The fourth-order valence-electron chi connectivity index (χ4n) is 3.24. The predicted octanol–water partition coefficient (Wildman–Crippen LogP) is 3.56. The molecule has 4 rings (SSSR count). The number of benzene rings is 1. The van der Waals surface area contributed by atoms with Gasteiger partial charge in [-0.15, -0.1) is 0 Å². The zero-order chi connectivity index (χ0) is 18.2. The first-order valence-corrected chi connectivity index (χ1v) is 10.2. The number of halogens is 1. The molecule has 0 bridgehead atoms. The second kappa shape index (κ2) is 6.48. The smallest absolute Gasteiger partial charge is 0.242 e. The van der Waals surface area contributed by atoms with E-state index in [-0.39, 0.29) is 22.0 Å². The number of rotatable bonds is 5. The van der Waals surface area contributed by atoms with Gasteiger partial charge in [0, 0.05) is 17.4 Å². The van der Waals surface area contributed by atoms with Crippen molar-refractivity contribution in [3.63, 3.8) is 0 Å². The van der Waals surface area contributed by atoms with Gasteiger partial charge in [0.2, 0.25) is 5.89 Å². The summed E-state index contributed by atoms with van der Waals surface area (Å²) in [6.07, 6.45) is 6.35. The monoisotopic (exact) mass is 389 g/mol. The Labute approximate surface area is 156 Å². The summed E-state index contributed by atoms with van der Waals surface area (Å²) in [5.74, 6) is 0.292. The molecule has 0 spiro atoms. The molecule has 1 fully saturated rings. The number of hydrogen-bond donors (Lipinski definition) is 0. The third-order valence-electron chi connectivity index (χ3n) is 4.82. The minimum atomic E-state index is -3.58. The molecule has 134 valence electrons. The van der Waals surface area contributed by atoms with E-state index in [0.29, 0.717) is 10.8 Å². The number of sulfone groups is 1. The lowest BCUT2D eigenvalue weighted by Gasteiger charge is -2.39. The zero-order valence-corrected chi connectivity index (χ0v) is 15.4. The number of aromatic nitrogens is 3. The first-order valence-electron chi connectivity index (χ1n) is 8.22. The van der Waals surface area contributed by atoms with E-state index in [1.807, 2.05) is 12.1 Å². The summed E-state index contributed by atoms with van der Waals surface area (Å²) in [5.41, 5.74) is 0.765. The Hall–Kier alpha value is -2.25. The van der Waals surface area contributed by atoms with Crippen LogP contribution in [0.4, 0.5) is 0 Å². The van der Waals surface area contributed by atoms with Crippen LogP contribution in [0.15, 0.2) is 58.2 Å². The third kappa shape index (κ3) is 3.01. The molecular formula is C18H16ClN3O3S. The van der Waals surface area contributed by atoms with Crippen molar-refractivity contribution < 1.29 is 12.9 Å². The van der Waals surface area contributed by atoms with Crippen molar-refractivity contribution >= 4 is 21.4 Å². The average molecular weight is 390 g/mol. The van der Waals surface area contributed by atoms with E-state index < -0.39 is 9.84 Å². The maximum Gasteiger partial charge on any atom is 0.242 e. The van der Waals surface area contributed by atoms with Gasteiger partial charge in [-0.05, 0) is 54.8 Å². The van der Waals surface area contributed by atoms with Crippen molar-refractivity contribution in [2.45, 2.75) is 35.3 Å². The van der Waals surface area contributed by atoms with Gasteiger partial charge < -0.3 is 4.52 Å². The Morgan fingerprint density at radius 1 is 1.08 bits per heavy atom. The van der Waals surface area contributed by atoms with E-state index in [1.54, 1.807) is 24.5 Å². The molecule has 2 aromatic heterocycles. The molecular weight excluding hydrogens is 374 g/mol. The summed E-state index contributed by atoms with van der Waals surface area (Å²) in [6.45, 7) is 0. The molecule has 0 N–H and O–H groups in total. The molecule has 0 aliphatic heterocycles. The van der Waals surface area contributed by atoms with Gasteiger partial charge in [-0.3, -0.25) is 4.98 Å². The molecule has 6 nitrogen and oxygen atoms in total. The van der Waals surface area contributed by atoms with E-state index in [2.05, 4.69) is 15.1 Å². The Balaban J connectivity index is 1.61. The van der Waals surface area contributed by atoms with Gasteiger partial charge >= 0.3 is 0 Å². The van der Waals surface area contributed by atoms with Crippen LogP contribution in [-0.2, 0) is 21.0 Å². The molecule has 1 aliphatic rings. The lowest BCUT2D eigenvalue weighted by atomic mass is 9.64. The molecule has 1 saturated carbocycles. The van der Waals surface area contributed by atoms with Gasteiger partial charge in [0.1, 0.15) is 5.75 Å². The Kier molecular flexibility index (Phi) is 4.28. The molecule has 0 unspecified atom stereocenters. The van der Waals surface area contributed by atoms with Crippen molar-refractivity contribution in [1.82, 2.24) is 15.1 Å². The minimum Gasteiger partial charge on any atom is -0.338 e. The summed E-state index contributed by atoms with van der Waals surface area (Å²) in [7, 11) is -3.58. The highest BCUT2D eigenvalue weighted by Crippen LogP contribution is 2.47. The van der Waals surface area contributed by atoms with Gasteiger partial charge in [0.05, 0.1) is 10.3 Å². The fraction of sp³-hybridized carbons (Fsp3) is 0.278. The zero-order valence-electron chi connectivity index (χ0n) is 13.8.